The van der Waals surface area contributed by atoms with Gasteiger partial charge >= 0.3 is 6.18 Å². The number of halogens is 3. The van der Waals surface area contributed by atoms with Gasteiger partial charge < -0.3 is 10.1 Å². The third-order valence-corrected chi connectivity index (χ3v) is 5.60. The summed E-state index contributed by atoms with van der Waals surface area (Å²) in [5.74, 6) is -0.133. The first-order valence-corrected chi connectivity index (χ1v) is 10.4. The van der Waals surface area contributed by atoms with Crippen molar-refractivity contribution in [1.29, 1.82) is 5.26 Å². The van der Waals surface area contributed by atoms with Gasteiger partial charge in [-0.3, -0.25) is 4.79 Å². The molecule has 1 N–H and O–H groups in total. The van der Waals surface area contributed by atoms with E-state index in [1.807, 2.05) is 6.92 Å². The number of alkyl halides is 3. The minimum atomic E-state index is -4.79. The molecule has 0 aromatic heterocycles. The summed E-state index contributed by atoms with van der Waals surface area (Å²) in [7, 11) is 0. The molecule has 2 aromatic rings. The molecule has 0 saturated heterocycles. The summed E-state index contributed by atoms with van der Waals surface area (Å²) < 4.78 is 49.1. The SMILES string of the molecule is Cc1ccc(C2=C(C#N)C(=O)NC(c3ccc(OCCC(C)C)cc3)(C(F)(F)F)C2)cc1. The maximum atomic E-state index is 14.5. The molecule has 2 aromatic carbocycles. The molecule has 0 fully saturated rings. The first kappa shape index (κ1) is 23.4. The van der Waals surface area contributed by atoms with Gasteiger partial charge in [0.05, 0.1) is 6.61 Å². The van der Waals surface area contributed by atoms with Gasteiger partial charge in [0.2, 0.25) is 0 Å². The average molecular weight is 442 g/mol. The zero-order chi connectivity index (χ0) is 23.5. The summed E-state index contributed by atoms with van der Waals surface area (Å²) in [5.41, 5.74) is -1.65. The van der Waals surface area contributed by atoms with Crippen LogP contribution in [0.2, 0.25) is 0 Å². The average Bonchev–Trinajstić information content (AvgIpc) is 2.73. The molecule has 7 heteroatoms. The number of ether oxygens (including phenoxy) is 1. The summed E-state index contributed by atoms with van der Waals surface area (Å²) in [4.78, 5) is 12.7. The van der Waals surface area contributed by atoms with E-state index in [0.717, 1.165) is 12.0 Å². The quantitative estimate of drug-likeness (QED) is 0.627. The van der Waals surface area contributed by atoms with Crippen molar-refractivity contribution in [1.82, 2.24) is 5.32 Å². The van der Waals surface area contributed by atoms with E-state index in [4.69, 9.17) is 4.74 Å². The van der Waals surface area contributed by atoms with Crippen LogP contribution in [0.5, 0.6) is 5.75 Å². The number of benzene rings is 2. The van der Waals surface area contributed by atoms with Crippen molar-refractivity contribution < 1.29 is 22.7 Å². The second-order valence-corrected chi connectivity index (χ2v) is 8.42. The predicted molar refractivity (Wildman–Crippen MR) is 116 cm³/mol. The van der Waals surface area contributed by atoms with Gasteiger partial charge in [0.1, 0.15) is 17.4 Å². The van der Waals surface area contributed by atoms with Crippen LogP contribution >= 0.6 is 0 Å². The van der Waals surface area contributed by atoms with E-state index < -0.39 is 24.0 Å². The summed E-state index contributed by atoms with van der Waals surface area (Å²) in [6.45, 7) is 6.42. The predicted octanol–water partition coefficient (Wildman–Crippen LogP) is 5.67. The van der Waals surface area contributed by atoms with E-state index in [9.17, 15) is 23.2 Å². The first-order chi connectivity index (χ1) is 15.1. The molecule has 0 radical (unpaired) electrons. The van der Waals surface area contributed by atoms with Crippen LogP contribution in [0, 0.1) is 24.2 Å². The Labute approximate surface area is 185 Å². The first-order valence-electron chi connectivity index (χ1n) is 10.4. The van der Waals surface area contributed by atoms with Crippen LogP contribution in [0.1, 0.15) is 43.4 Å². The topological polar surface area (TPSA) is 62.1 Å². The lowest BCUT2D eigenvalue weighted by atomic mass is 9.76. The van der Waals surface area contributed by atoms with Crippen LogP contribution in [0.25, 0.3) is 5.57 Å². The van der Waals surface area contributed by atoms with E-state index in [-0.39, 0.29) is 16.7 Å². The molecule has 0 saturated carbocycles. The van der Waals surface area contributed by atoms with Gasteiger partial charge in [0.15, 0.2) is 5.54 Å². The molecular formula is C25H25F3N2O2. The number of aryl methyl sites for hydroxylation is 1. The third-order valence-electron chi connectivity index (χ3n) is 5.60. The van der Waals surface area contributed by atoms with Crippen molar-refractivity contribution in [3.05, 3.63) is 70.8 Å². The van der Waals surface area contributed by atoms with Gasteiger partial charge in [-0.15, -0.1) is 0 Å². The lowest BCUT2D eigenvalue weighted by Gasteiger charge is -2.40. The minimum Gasteiger partial charge on any atom is -0.494 e. The highest BCUT2D eigenvalue weighted by molar-refractivity contribution is 6.07. The lowest BCUT2D eigenvalue weighted by Crippen LogP contribution is -2.58. The van der Waals surface area contributed by atoms with E-state index in [2.05, 4.69) is 19.2 Å². The smallest absolute Gasteiger partial charge is 0.416 e. The Bertz CT molecular complexity index is 1050. The number of nitrogens with one attached hydrogen (secondary N) is 1. The molecular weight excluding hydrogens is 417 g/mol. The number of hydrogen-bond acceptors (Lipinski definition) is 3. The Hall–Kier alpha value is -3.27. The zero-order valence-corrected chi connectivity index (χ0v) is 18.2. The van der Waals surface area contributed by atoms with Crippen molar-refractivity contribution >= 4 is 11.5 Å². The summed E-state index contributed by atoms with van der Waals surface area (Å²) in [6, 6.07) is 14.1. The molecule has 1 atom stereocenters. The molecule has 1 aliphatic heterocycles. The number of rotatable bonds is 6. The lowest BCUT2D eigenvalue weighted by molar-refractivity contribution is -0.201. The fourth-order valence-electron chi connectivity index (χ4n) is 3.67. The number of carbonyl (C=O) groups is 1. The molecule has 0 spiro atoms. The van der Waals surface area contributed by atoms with Gasteiger partial charge in [0, 0.05) is 6.42 Å². The van der Waals surface area contributed by atoms with Gasteiger partial charge in [-0.25, -0.2) is 0 Å². The van der Waals surface area contributed by atoms with Crippen LogP contribution in [0.3, 0.4) is 0 Å². The minimum absolute atomic E-state index is 0.0748. The molecule has 0 aliphatic carbocycles. The van der Waals surface area contributed by atoms with E-state index in [1.54, 1.807) is 30.3 Å². The third kappa shape index (κ3) is 4.64. The molecule has 32 heavy (non-hydrogen) atoms. The normalized spacial score (nSPS) is 19.0. The number of hydrogen-bond donors (Lipinski definition) is 1. The second kappa shape index (κ2) is 9.07. The van der Waals surface area contributed by atoms with Gasteiger partial charge in [-0.05, 0) is 48.1 Å². The fraction of sp³-hybridized carbons (Fsp3) is 0.360. The molecule has 1 amide bonds. The highest BCUT2D eigenvalue weighted by atomic mass is 19.4. The van der Waals surface area contributed by atoms with E-state index in [1.165, 1.54) is 24.3 Å². The number of nitriles is 1. The van der Waals surface area contributed by atoms with E-state index >= 15 is 0 Å². The Balaban J connectivity index is 2.02. The summed E-state index contributed by atoms with van der Waals surface area (Å²) in [6.07, 6.45) is -4.55. The summed E-state index contributed by atoms with van der Waals surface area (Å²) in [5, 5.41) is 11.6. The summed E-state index contributed by atoms with van der Waals surface area (Å²) >= 11 is 0. The van der Waals surface area contributed by atoms with Gasteiger partial charge in [-0.1, -0.05) is 55.8 Å². The molecule has 4 nitrogen and oxygen atoms in total. The van der Waals surface area contributed by atoms with Crippen LogP contribution in [-0.4, -0.2) is 18.7 Å². The Kier molecular flexibility index (Phi) is 6.63. The fourth-order valence-corrected chi connectivity index (χ4v) is 3.67. The van der Waals surface area contributed by atoms with Gasteiger partial charge in [-0.2, -0.15) is 18.4 Å². The van der Waals surface area contributed by atoms with Crippen molar-refractivity contribution in [2.45, 2.75) is 45.3 Å². The van der Waals surface area contributed by atoms with Crippen LogP contribution in [-0.2, 0) is 10.3 Å². The molecule has 168 valence electrons. The monoisotopic (exact) mass is 442 g/mol. The van der Waals surface area contributed by atoms with Gasteiger partial charge in [0.25, 0.3) is 5.91 Å². The maximum absolute atomic E-state index is 14.5. The molecule has 3 rings (SSSR count). The highest BCUT2D eigenvalue weighted by Crippen LogP contribution is 2.48. The van der Waals surface area contributed by atoms with Crippen molar-refractivity contribution in [3.63, 3.8) is 0 Å². The second-order valence-electron chi connectivity index (χ2n) is 8.42. The van der Waals surface area contributed by atoms with Crippen LogP contribution in [0.15, 0.2) is 54.1 Å². The Morgan fingerprint density at radius 3 is 2.28 bits per heavy atom. The van der Waals surface area contributed by atoms with Crippen molar-refractivity contribution in [3.8, 4) is 11.8 Å². The number of carbonyl (C=O) groups excluding carboxylic acids is 1. The van der Waals surface area contributed by atoms with Crippen LogP contribution < -0.4 is 10.1 Å². The maximum Gasteiger partial charge on any atom is 0.416 e. The molecule has 1 aliphatic rings. The zero-order valence-electron chi connectivity index (χ0n) is 18.2. The van der Waals surface area contributed by atoms with E-state index in [0.29, 0.717) is 23.8 Å². The number of nitrogens with zero attached hydrogens (tertiary/aromatic N) is 1. The van der Waals surface area contributed by atoms with Crippen molar-refractivity contribution in [2.75, 3.05) is 6.61 Å². The molecule has 0 bridgehead atoms. The van der Waals surface area contributed by atoms with Crippen LogP contribution in [0.4, 0.5) is 13.2 Å². The molecule has 1 unspecified atom stereocenters. The number of amides is 1. The standard InChI is InChI=1S/C25H25F3N2O2/c1-16(2)12-13-32-20-10-8-19(9-11-20)24(25(26,27)28)14-21(22(15-29)23(31)30-24)18-6-4-17(3)5-7-18/h4-11,16H,12-14H2,1-3H3,(H,30,31). The largest absolute Gasteiger partial charge is 0.494 e. The Morgan fingerprint density at radius 1 is 1.12 bits per heavy atom. The molecule has 1 heterocycles. The van der Waals surface area contributed by atoms with Crippen molar-refractivity contribution in [2.24, 2.45) is 5.92 Å². The Morgan fingerprint density at radius 2 is 1.75 bits per heavy atom. The highest BCUT2D eigenvalue weighted by Gasteiger charge is 2.59.